The number of carboxylic acid groups (broad SMARTS) is 1. The summed E-state index contributed by atoms with van der Waals surface area (Å²) in [6.07, 6.45) is 0. The minimum atomic E-state index is -0.872. The molecular formula is C14H20BrNO5. The van der Waals surface area contributed by atoms with Crippen LogP contribution >= 0.6 is 15.9 Å². The van der Waals surface area contributed by atoms with Gasteiger partial charge in [0.1, 0.15) is 0 Å². The highest BCUT2D eigenvalue weighted by molar-refractivity contribution is 9.10. The summed E-state index contributed by atoms with van der Waals surface area (Å²) in [4.78, 5) is 12.7. The summed E-state index contributed by atoms with van der Waals surface area (Å²) in [6, 6.07) is 3.65. The molecule has 0 bridgehead atoms. The molecule has 118 valence electrons. The molecule has 1 rings (SSSR count). The van der Waals surface area contributed by atoms with E-state index in [1.54, 1.807) is 26.2 Å². The number of carbonyl (C=O) groups is 1. The normalized spacial score (nSPS) is 10.7. The molecule has 0 radical (unpaired) electrons. The fourth-order valence-electron chi connectivity index (χ4n) is 1.88. The smallest absolute Gasteiger partial charge is 0.317 e. The minimum Gasteiger partial charge on any atom is -0.493 e. The van der Waals surface area contributed by atoms with Crippen molar-refractivity contribution < 1.29 is 24.1 Å². The van der Waals surface area contributed by atoms with Gasteiger partial charge in [-0.15, -0.1) is 0 Å². The van der Waals surface area contributed by atoms with Gasteiger partial charge in [-0.25, -0.2) is 0 Å². The average Bonchev–Trinajstić information content (AvgIpc) is 2.45. The van der Waals surface area contributed by atoms with Crippen LogP contribution in [-0.4, -0.2) is 57.0 Å². The Morgan fingerprint density at radius 1 is 1.24 bits per heavy atom. The van der Waals surface area contributed by atoms with Crippen LogP contribution < -0.4 is 9.47 Å². The summed E-state index contributed by atoms with van der Waals surface area (Å²) in [6.45, 7) is 1.42. The lowest BCUT2D eigenvalue weighted by molar-refractivity contribution is -0.138. The van der Waals surface area contributed by atoms with Crippen LogP contribution in [0, 0.1) is 0 Å². The van der Waals surface area contributed by atoms with Crippen LogP contribution in [0.3, 0.4) is 0 Å². The maximum Gasteiger partial charge on any atom is 0.317 e. The van der Waals surface area contributed by atoms with Gasteiger partial charge in [0, 0.05) is 24.7 Å². The Morgan fingerprint density at radius 2 is 1.86 bits per heavy atom. The molecule has 6 nitrogen and oxygen atoms in total. The van der Waals surface area contributed by atoms with Crippen molar-refractivity contribution in [3.8, 4) is 11.5 Å². The molecule has 0 unspecified atom stereocenters. The molecule has 7 heteroatoms. The minimum absolute atomic E-state index is 0.0514. The van der Waals surface area contributed by atoms with Gasteiger partial charge in [-0.2, -0.15) is 0 Å². The van der Waals surface area contributed by atoms with Crippen LogP contribution in [0.1, 0.15) is 5.56 Å². The van der Waals surface area contributed by atoms with Gasteiger partial charge in [-0.3, -0.25) is 9.69 Å². The van der Waals surface area contributed by atoms with Crippen LogP contribution in [0.25, 0.3) is 0 Å². The molecule has 0 saturated carbocycles. The van der Waals surface area contributed by atoms with Crippen LogP contribution in [0.15, 0.2) is 16.6 Å². The fourth-order valence-corrected chi connectivity index (χ4v) is 2.33. The second-order valence-electron chi connectivity index (χ2n) is 4.40. The Labute approximate surface area is 132 Å². The van der Waals surface area contributed by atoms with Crippen molar-refractivity contribution in [3.63, 3.8) is 0 Å². The van der Waals surface area contributed by atoms with Gasteiger partial charge in [0.05, 0.1) is 27.4 Å². The molecule has 0 heterocycles. The molecule has 1 N–H and O–H groups in total. The van der Waals surface area contributed by atoms with Crippen molar-refractivity contribution in [1.82, 2.24) is 4.90 Å². The predicted octanol–water partition coefficient (Wildman–Crippen LogP) is 2.00. The average molecular weight is 362 g/mol. The van der Waals surface area contributed by atoms with Crippen molar-refractivity contribution in [2.24, 2.45) is 0 Å². The highest BCUT2D eigenvalue weighted by Crippen LogP contribution is 2.33. The Bertz CT molecular complexity index is 481. The number of benzene rings is 1. The first-order valence-corrected chi connectivity index (χ1v) is 7.14. The molecule has 0 atom stereocenters. The molecule has 1 aromatic carbocycles. The first-order valence-electron chi connectivity index (χ1n) is 6.35. The van der Waals surface area contributed by atoms with Crippen LogP contribution in [0.4, 0.5) is 0 Å². The maximum atomic E-state index is 10.9. The lowest BCUT2D eigenvalue weighted by Gasteiger charge is -2.21. The third kappa shape index (κ3) is 5.53. The number of nitrogens with zero attached hydrogens (tertiary/aromatic N) is 1. The Balaban J connectivity index is 2.93. The SMILES string of the molecule is COCCN(CC(=O)O)Cc1cc(OC)c(OC)cc1Br. The van der Waals surface area contributed by atoms with E-state index in [0.29, 0.717) is 31.2 Å². The number of carboxylic acids is 1. The molecule has 0 spiro atoms. The number of halogens is 1. The van der Waals surface area contributed by atoms with Crippen molar-refractivity contribution in [2.45, 2.75) is 6.54 Å². The summed E-state index contributed by atoms with van der Waals surface area (Å²) in [5.74, 6) is 0.357. The van der Waals surface area contributed by atoms with Gasteiger partial charge in [0.25, 0.3) is 0 Å². The number of ether oxygens (including phenoxy) is 3. The van der Waals surface area contributed by atoms with Gasteiger partial charge < -0.3 is 19.3 Å². The molecule has 0 fully saturated rings. The second kappa shape index (κ2) is 8.86. The summed E-state index contributed by atoms with van der Waals surface area (Å²) in [5, 5.41) is 8.97. The van der Waals surface area contributed by atoms with Gasteiger partial charge in [0.15, 0.2) is 11.5 Å². The molecule has 0 aliphatic rings. The molecule has 0 saturated heterocycles. The number of aliphatic carboxylic acids is 1. The maximum absolute atomic E-state index is 10.9. The van der Waals surface area contributed by atoms with Crippen molar-refractivity contribution in [2.75, 3.05) is 41.0 Å². The predicted molar refractivity (Wildman–Crippen MR) is 82.0 cm³/mol. The number of rotatable bonds is 9. The van der Waals surface area contributed by atoms with Gasteiger partial charge in [0.2, 0.25) is 0 Å². The van der Waals surface area contributed by atoms with Gasteiger partial charge in [-0.05, 0) is 17.7 Å². The van der Waals surface area contributed by atoms with E-state index in [0.717, 1.165) is 10.0 Å². The standard InChI is InChI=1S/C14H20BrNO5/c1-19-5-4-16(9-14(17)18)8-10-6-12(20-2)13(21-3)7-11(10)15/h6-7H,4-5,8-9H2,1-3H3,(H,17,18). The van der Waals surface area contributed by atoms with E-state index in [2.05, 4.69) is 15.9 Å². The molecule has 0 amide bonds. The molecule has 0 aromatic heterocycles. The fraction of sp³-hybridized carbons (Fsp3) is 0.500. The summed E-state index contributed by atoms with van der Waals surface area (Å²) >= 11 is 3.47. The Hall–Kier alpha value is -1.31. The van der Waals surface area contributed by atoms with E-state index in [-0.39, 0.29) is 6.54 Å². The lowest BCUT2D eigenvalue weighted by atomic mass is 10.2. The van der Waals surface area contributed by atoms with Crippen molar-refractivity contribution >= 4 is 21.9 Å². The lowest BCUT2D eigenvalue weighted by Crippen LogP contribution is -2.32. The van der Waals surface area contributed by atoms with Crippen molar-refractivity contribution in [1.29, 1.82) is 0 Å². The quantitative estimate of drug-likeness (QED) is 0.725. The van der Waals surface area contributed by atoms with Crippen LogP contribution in [0.2, 0.25) is 0 Å². The first kappa shape index (κ1) is 17.7. The number of hydrogen-bond acceptors (Lipinski definition) is 5. The second-order valence-corrected chi connectivity index (χ2v) is 5.25. The molecule has 0 aliphatic heterocycles. The summed E-state index contributed by atoms with van der Waals surface area (Å²) in [5.41, 5.74) is 0.921. The third-order valence-corrected chi connectivity index (χ3v) is 3.66. The molecular weight excluding hydrogens is 342 g/mol. The van der Waals surface area contributed by atoms with E-state index < -0.39 is 5.97 Å². The van der Waals surface area contributed by atoms with E-state index in [1.165, 1.54) is 0 Å². The highest BCUT2D eigenvalue weighted by Gasteiger charge is 2.15. The number of methoxy groups -OCH3 is 3. The first-order chi connectivity index (χ1) is 10.0. The van der Waals surface area contributed by atoms with Gasteiger partial charge in [-0.1, -0.05) is 15.9 Å². The largest absolute Gasteiger partial charge is 0.493 e. The topological polar surface area (TPSA) is 68.2 Å². The Kier molecular flexibility index (Phi) is 7.49. The molecule has 21 heavy (non-hydrogen) atoms. The zero-order valence-electron chi connectivity index (χ0n) is 12.4. The van der Waals surface area contributed by atoms with Gasteiger partial charge >= 0.3 is 5.97 Å². The van der Waals surface area contributed by atoms with Crippen LogP contribution in [0.5, 0.6) is 11.5 Å². The number of hydrogen-bond donors (Lipinski definition) is 1. The highest BCUT2D eigenvalue weighted by atomic mass is 79.9. The van der Waals surface area contributed by atoms with Crippen molar-refractivity contribution in [3.05, 3.63) is 22.2 Å². The third-order valence-electron chi connectivity index (χ3n) is 2.92. The Morgan fingerprint density at radius 3 is 2.38 bits per heavy atom. The monoisotopic (exact) mass is 361 g/mol. The zero-order valence-corrected chi connectivity index (χ0v) is 14.0. The zero-order chi connectivity index (χ0) is 15.8. The van der Waals surface area contributed by atoms with E-state index in [4.69, 9.17) is 19.3 Å². The van der Waals surface area contributed by atoms with E-state index >= 15 is 0 Å². The summed E-state index contributed by atoms with van der Waals surface area (Å²) in [7, 11) is 4.72. The molecule has 0 aliphatic carbocycles. The summed E-state index contributed by atoms with van der Waals surface area (Å²) < 4.78 is 16.3. The molecule has 1 aromatic rings. The van der Waals surface area contributed by atoms with Crippen LogP contribution in [-0.2, 0) is 16.1 Å². The van der Waals surface area contributed by atoms with E-state index in [1.807, 2.05) is 12.1 Å². The van der Waals surface area contributed by atoms with E-state index in [9.17, 15) is 4.79 Å².